The molecule has 1 aliphatic rings. The van der Waals surface area contributed by atoms with Crippen molar-refractivity contribution in [3.8, 4) is 0 Å². The molecule has 2 aromatic rings. The molecule has 0 radical (unpaired) electrons. The molecule has 24 heavy (non-hydrogen) atoms. The van der Waals surface area contributed by atoms with Crippen LogP contribution in [0.15, 0.2) is 54.6 Å². The number of hydrogen-bond donors (Lipinski definition) is 0. The number of halogens is 1. The van der Waals surface area contributed by atoms with Crippen LogP contribution in [-0.2, 0) is 6.54 Å². The first-order valence-corrected chi connectivity index (χ1v) is 8.41. The Kier molecular flexibility index (Phi) is 5.38. The van der Waals surface area contributed by atoms with Crippen LogP contribution < -0.4 is 0 Å². The van der Waals surface area contributed by atoms with Gasteiger partial charge < -0.3 is 0 Å². The van der Waals surface area contributed by atoms with Gasteiger partial charge in [0.25, 0.3) is 0 Å². The summed E-state index contributed by atoms with van der Waals surface area (Å²) in [6.07, 6.45) is 0. The number of nitrogens with zero attached hydrogens (tertiary/aromatic N) is 2. The van der Waals surface area contributed by atoms with E-state index >= 15 is 0 Å². The Morgan fingerprint density at radius 2 is 1.79 bits per heavy atom. The summed E-state index contributed by atoms with van der Waals surface area (Å²) >= 11 is 0. The van der Waals surface area contributed by atoms with Crippen molar-refractivity contribution in [2.45, 2.75) is 19.5 Å². The van der Waals surface area contributed by atoms with Gasteiger partial charge in [-0.25, -0.2) is 4.39 Å². The van der Waals surface area contributed by atoms with Gasteiger partial charge in [0, 0.05) is 37.8 Å². The highest BCUT2D eigenvalue weighted by Crippen LogP contribution is 2.14. The molecule has 4 heteroatoms. The van der Waals surface area contributed by atoms with Crippen LogP contribution in [0.5, 0.6) is 0 Å². The molecule has 0 bridgehead atoms. The third-order valence-corrected chi connectivity index (χ3v) is 4.61. The zero-order valence-corrected chi connectivity index (χ0v) is 14.0. The summed E-state index contributed by atoms with van der Waals surface area (Å²) in [5, 5.41) is 0. The van der Waals surface area contributed by atoms with E-state index in [1.165, 1.54) is 17.7 Å². The number of benzene rings is 2. The molecular weight excluding hydrogens is 303 g/mol. The van der Waals surface area contributed by atoms with E-state index in [2.05, 4.69) is 41.0 Å². The average molecular weight is 326 g/mol. The normalized spacial score (nSPS) is 19.3. The van der Waals surface area contributed by atoms with Crippen LogP contribution in [0.1, 0.15) is 22.8 Å². The van der Waals surface area contributed by atoms with E-state index in [4.69, 9.17) is 0 Å². The molecule has 0 aromatic heterocycles. The molecule has 3 rings (SSSR count). The van der Waals surface area contributed by atoms with E-state index < -0.39 is 0 Å². The Hall–Kier alpha value is -2.04. The highest BCUT2D eigenvalue weighted by Gasteiger charge is 2.25. The van der Waals surface area contributed by atoms with Gasteiger partial charge >= 0.3 is 0 Å². The summed E-state index contributed by atoms with van der Waals surface area (Å²) in [4.78, 5) is 17.0. The first kappa shape index (κ1) is 16.8. The van der Waals surface area contributed by atoms with Gasteiger partial charge in [-0.2, -0.15) is 0 Å². The molecule has 1 aliphatic heterocycles. The maximum atomic E-state index is 13.0. The molecule has 1 heterocycles. The number of carbonyl (C=O) groups is 1. The van der Waals surface area contributed by atoms with Gasteiger partial charge in [-0.1, -0.05) is 30.3 Å². The molecule has 1 saturated heterocycles. The van der Waals surface area contributed by atoms with Gasteiger partial charge in [-0.05, 0) is 36.8 Å². The topological polar surface area (TPSA) is 23.6 Å². The molecule has 1 fully saturated rings. The van der Waals surface area contributed by atoms with Gasteiger partial charge in [0.1, 0.15) is 5.82 Å². The van der Waals surface area contributed by atoms with Crippen molar-refractivity contribution in [3.05, 3.63) is 71.5 Å². The van der Waals surface area contributed by atoms with Gasteiger partial charge in [-0.3, -0.25) is 14.6 Å². The monoisotopic (exact) mass is 326 g/mol. The highest BCUT2D eigenvalue weighted by atomic mass is 19.1. The van der Waals surface area contributed by atoms with Crippen LogP contribution in [0, 0.1) is 5.82 Å². The summed E-state index contributed by atoms with van der Waals surface area (Å²) in [5.74, 6) is -0.257. The standard InChI is InChI=1S/C20H23FN2O/c1-16-13-22(14-17-5-3-2-4-6-17)11-12-23(16)15-20(24)18-7-9-19(21)10-8-18/h2-10,16H,11-15H2,1H3/t16-/m1/s1. The molecule has 0 aliphatic carbocycles. The number of Topliss-reactive ketones (excluding diaryl/α,β-unsaturated/α-hetero) is 1. The maximum Gasteiger partial charge on any atom is 0.176 e. The zero-order valence-electron chi connectivity index (χ0n) is 14.0. The molecule has 126 valence electrons. The lowest BCUT2D eigenvalue weighted by molar-refractivity contribution is 0.0657. The molecule has 0 spiro atoms. The number of rotatable bonds is 5. The Bertz CT molecular complexity index is 672. The third kappa shape index (κ3) is 4.28. The molecule has 2 aromatic carbocycles. The van der Waals surface area contributed by atoms with Crippen LogP contribution >= 0.6 is 0 Å². The third-order valence-electron chi connectivity index (χ3n) is 4.61. The number of ketones is 1. The van der Waals surface area contributed by atoms with Crippen LogP contribution in [0.2, 0.25) is 0 Å². The number of hydrogen-bond acceptors (Lipinski definition) is 3. The molecule has 0 saturated carbocycles. The van der Waals surface area contributed by atoms with Crippen molar-refractivity contribution in [1.82, 2.24) is 9.80 Å². The van der Waals surface area contributed by atoms with Crippen molar-refractivity contribution in [3.63, 3.8) is 0 Å². The Morgan fingerprint density at radius 1 is 1.08 bits per heavy atom. The lowest BCUT2D eigenvalue weighted by Gasteiger charge is -2.39. The molecule has 0 unspecified atom stereocenters. The predicted molar refractivity (Wildman–Crippen MR) is 93.5 cm³/mol. The minimum absolute atomic E-state index is 0.0540. The fraction of sp³-hybridized carbons (Fsp3) is 0.350. The van der Waals surface area contributed by atoms with E-state index in [1.807, 2.05) is 6.07 Å². The SMILES string of the molecule is C[C@@H]1CN(Cc2ccccc2)CCN1CC(=O)c1ccc(F)cc1. The largest absolute Gasteiger partial charge is 0.296 e. The van der Waals surface area contributed by atoms with E-state index in [-0.39, 0.29) is 11.6 Å². The maximum absolute atomic E-state index is 13.0. The lowest BCUT2D eigenvalue weighted by atomic mass is 10.1. The van der Waals surface area contributed by atoms with Crippen molar-refractivity contribution in [2.75, 3.05) is 26.2 Å². The van der Waals surface area contributed by atoms with Gasteiger partial charge in [-0.15, -0.1) is 0 Å². The molecular formula is C20H23FN2O. The smallest absolute Gasteiger partial charge is 0.176 e. The highest BCUT2D eigenvalue weighted by molar-refractivity contribution is 5.97. The van der Waals surface area contributed by atoms with E-state index in [1.54, 1.807) is 12.1 Å². The summed E-state index contributed by atoms with van der Waals surface area (Å²) < 4.78 is 13.0. The Morgan fingerprint density at radius 3 is 2.46 bits per heavy atom. The number of carbonyl (C=O) groups excluding carboxylic acids is 1. The fourth-order valence-electron chi connectivity index (χ4n) is 3.20. The first-order valence-electron chi connectivity index (χ1n) is 8.41. The second kappa shape index (κ2) is 7.69. The van der Waals surface area contributed by atoms with Crippen LogP contribution in [0.3, 0.4) is 0 Å². The van der Waals surface area contributed by atoms with E-state index in [0.29, 0.717) is 18.2 Å². The summed E-state index contributed by atoms with van der Waals surface area (Å²) in [6, 6.07) is 16.6. The minimum Gasteiger partial charge on any atom is -0.296 e. The second-order valence-electron chi connectivity index (χ2n) is 6.47. The quantitative estimate of drug-likeness (QED) is 0.788. The Balaban J connectivity index is 1.54. The van der Waals surface area contributed by atoms with Gasteiger partial charge in [0.05, 0.1) is 6.54 Å². The van der Waals surface area contributed by atoms with Crippen molar-refractivity contribution in [2.24, 2.45) is 0 Å². The summed E-state index contributed by atoms with van der Waals surface area (Å²) in [5.41, 5.74) is 1.90. The lowest BCUT2D eigenvalue weighted by Crippen LogP contribution is -2.52. The minimum atomic E-state index is -0.311. The molecule has 0 N–H and O–H groups in total. The van der Waals surface area contributed by atoms with Gasteiger partial charge in [0.2, 0.25) is 0 Å². The molecule has 1 atom stereocenters. The van der Waals surface area contributed by atoms with Crippen molar-refractivity contribution >= 4 is 5.78 Å². The summed E-state index contributed by atoms with van der Waals surface area (Å²) in [7, 11) is 0. The van der Waals surface area contributed by atoms with E-state index in [9.17, 15) is 9.18 Å². The molecule has 0 amide bonds. The first-order chi connectivity index (χ1) is 11.6. The van der Waals surface area contributed by atoms with Crippen molar-refractivity contribution in [1.29, 1.82) is 0 Å². The van der Waals surface area contributed by atoms with E-state index in [0.717, 1.165) is 26.2 Å². The van der Waals surface area contributed by atoms with Crippen molar-refractivity contribution < 1.29 is 9.18 Å². The second-order valence-corrected chi connectivity index (χ2v) is 6.47. The summed E-state index contributed by atoms with van der Waals surface area (Å²) in [6.45, 7) is 6.29. The van der Waals surface area contributed by atoms with Crippen LogP contribution in [-0.4, -0.2) is 47.8 Å². The average Bonchev–Trinajstić information content (AvgIpc) is 2.59. The van der Waals surface area contributed by atoms with Gasteiger partial charge in [0.15, 0.2) is 5.78 Å². The predicted octanol–water partition coefficient (Wildman–Crippen LogP) is 3.21. The van der Waals surface area contributed by atoms with Crippen LogP contribution in [0.4, 0.5) is 4.39 Å². The fourth-order valence-corrected chi connectivity index (χ4v) is 3.20. The number of piperazine rings is 1. The molecule has 3 nitrogen and oxygen atoms in total. The zero-order chi connectivity index (χ0) is 16.9. The Labute approximate surface area is 142 Å². The van der Waals surface area contributed by atoms with Crippen LogP contribution in [0.25, 0.3) is 0 Å².